The molecule has 0 atom stereocenters. The lowest BCUT2D eigenvalue weighted by Crippen LogP contribution is -2.42. The second kappa shape index (κ2) is 2.67. The molecule has 1 fully saturated rings. The summed E-state index contributed by atoms with van der Waals surface area (Å²) < 4.78 is 4.98. The van der Waals surface area contributed by atoms with E-state index in [1.54, 1.807) is 7.11 Å². The first-order chi connectivity index (χ1) is 5.79. The molecule has 0 aromatic heterocycles. The maximum Gasteiger partial charge on any atom is 0.235 e. The Hall–Kier alpha value is -1.23. The predicted octanol–water partition coefficient (Wildman–Crippen LogP) is -0.0659. The monoisotopic (exact) mass is 168 g/mol. The fraction of sp³-hybridized carbons (Fsp3) is 0.571. The summed E-state index contributed by atoms with van der Waals surface area (Å²) in [6.45, 7) is 0. The molecule has 0 saturated heterocycles. The summed E-state index contributed by atoms with van der Waals surface area (Å²) in [4.78, 5) is 0. The van der Waals surface area contributed by atoms with Gasteiger partial charge in [-0.1, -0.05) is 0 Å². The number of rotatable bonds is 1. The maximum atomic E-state index is 5.47. The number of nitrogens with one attached hydrogen (secondary N) is 1. The van der Waals surface area contributed by atoms with Gasteiger partial charge in [0.15, 0.2) is 0 Å². The maximum absolute atomic E-state index is 5.47. The van der Waals surface area contributed by atoms with Crippen molar-refractivity contribution in [2.75, 3.05) is 7.11 Å². The molecular weight excluding hydrogens is 156 g/mol. The normalized spacial score (nSPS) is 22.7. The number of ether oxygens (including phenoxy) is 1. The summed E-state index contributed by atoms with van der Waals surface area (Å²) in [7, 11) is 1.58. The zero-order valence-corrected chi connectivity index (χ0v) is 6.95. The van der Waals surface area contributed by atoms with Gasteiger partial charge in [0.05, 0.1) is 7.11 Å². The van der Waals surface area contributed by atoms with Crippen molar-refractivity contribution >= 4 is 5.90 Å². The minimum Gasteiger partial charge on any atom is -0.480 e. The van der Waals surface area contributed by atoms with Crippen molar-refractivity contribution in [3.8, 4) is 0 Å². The minimum atomic E-state index is 0.554. The van der Waals surface area contributed by atoms with Gasteiger partial charge in [-0.3, -0.25) is 5.43 Å². The Bertz CT molecular complexity index is 244. The van der Waals surface area contributed by atoms with Gasteiger partial charge < -0.3 is 4.74 Å². The molecule has 0 spiro atoms. The van der Waals surface area contributed by atoms with Crippen LogP contribution in [0, 0.1) is 5.92 Å². The van der Waals surface area contributed by atoms with E-state index in [1.807, 2.05) is 6.08 Å². The molecule has 1 saturated carbocycles. The molecule has 2 aliphatic rings. The van der Waals surface area contributed by atoms with Crippen LogP contribution in [0.5, 0.6) is 0 Å². The van der Waals surface area contributed by atoms with E-state index in [0.717, 1.165) is 5.70 Å². The SMILES string of the molecule is COC1=NN(N)NC(C2CC2)=C1. The second-order valence-electron chi connectivity index (χ2n) is 2.97. The quantitative estimate of drug-likeness (QED) is 0.538. The van der Waals surface area contributed by atoms with Crippen LogP contribution in [-0.4, -0.2) is 18.2 Å². The number of nitrogens with zero attached hydrogens (tertiary/aromatic N) is 2. The molecule has 5 nitrogen and oxygen atoms in total. The molecule has 0 unspecified atom stereocenters. The van der Waals surface area contributed by atoms with Crippen LogP contribution in [0.25, 0.3) is 0 Å². The van der Waals surface area contributed by atoms with Crippen molar-refractivity contribution < 1.29 is 4.74 Å². The lowest BCUT2D eigenvalue weighted by Gasteiger charge is -2.21. The van der Waals surface area contributed by atoms with Gasteiger partial charge in [0, 0.05) is 17.7 Å². The van der Waals surface area contributed by atoms with Gasteiger partial charge in [-0.15, -0.1) is 10.3 Å². The smallest absolute Gasteiger partial charge is 0.235 e. The van der Waals surface area contributed by atoms with Crippen LogP contribution < -0.4 is 11.3 Å². The summed E-state index contributed by atoms with van der Waals surface area (Å²) in [5.41, 5.74) is 4.05. The van der Waals surface area contributed by atoms with Gasteiger partial charge in [0.1, 0.15) is 0 Å². The summed E-state index contributed by atoms with van der Waals surface area (Å²) in [5, 5.41) is 5.07. The summed E-state index contributed by atoms with van der Waals surface area (Å²) in [6.07, 6.45) is 4.34. The van der Waals surface area contributed by atoms with Crippen LogP contribution in [0.1, 0.15) is 12.8 Å². The van der Waals surface area contributed by atoms with E-state index in [-0.39, 0.29) is 0 Å². The Kier molecular flexibility index (Phi) is 1.65. The first kappa shape index (κ1) is 7.42. The Balaban J connectivity index is 2.13. The average molecular weight is 168 g/mol. The number of nitrogens with two attached hydrogens (primary N) is 1. The van der Waals surface area contributed by atoms with Crippen LogP contribution in [-0.2, 0) is 4.74 Å². The highest BCUT2D eigenvalue weighted by Crippen LogP contribution is 2.35. The molecule has 12 heavy (non-hydrogen) atoms. The molecule has 3 N–H and O–H groups in total. The van der Waals surface area contributed by atoms with Crippen LogP contribution in [0.3, 0.4) is 0 Å². The Morgan fingerprint density at radius 1 is 1.75 bits per heavy atom. The standard InChI is InChI=1S/C7H12N4O/c1-12-7-4-6(5-2-3-5)9-11(8)10-7/h4-5,9H,2-3,8H2,1H3. The topological polar surface area (TPSA) is 62.9 Å². The highest BCUT2D eigenvalue weighted by Gasteiger charge is 2.28. The number of allylic oxidation sites excluding steroid dienone is 1. The second-order valence-corrected chi connectivity index (χ2v) is 2.97. The number of methoxy groups -OCH3 is 1. The largest absolute Gasteiger partial charge is 0.480 e. The predicted molar refractivity (Wildman–Crippen MR) is 44.4 cm³/mol. The van der Waals surface area contributed by atoms with E-state index in [0.29, 0.717) is 11.8 Å². The van der Waals surface area contributed by atoms with Crippen LogP contribution in [0.4, 0.5) is 0 Å². The molecule has 0 bridgehead atoms. The third kappa shape index (κ3) is 1.35. The van der Waals surface area contributed by atoms with Crippen molar-refractivity contribution in [2.24, 2.45) is 16.9 Å². The Labute approximate surface area is 70.8 Å². The third-order valence-electron chi connectivity index (χ3n) is 1.96. The highest BCUT2D eigenvalue weighted by atomic mass is 16.5. The van der Waals surface area contributed by atoms with E-state index in [4.69, 9.17) is 10.6 Å². The molecule has 0 radical (unpaired) electrons. The van der Waals surface area contributed by atoms with E-state index in [9.17, 15) is 0 Å². The van der Waals surface area contributed by atoms with E-state index in [1.165, 1.54) is 18.1 Å². The molecule has 1 heterocycles. The summed E-state index contributed by atoms with van der Waals surface area (Å²) in [5.74, 6) is 6.65. The molecule has 66 valence electrons. The highest BCUT2D eigenvalue weighted by molar-refractivity contribution is 5.88. The van der Waals surface area contributed by atoms with Gasteiger partial charge in [-0.25, -0.2) is 5.84 Å². The fourth-order valence-corrected chi connectivity index (χ4v) is 1.16. The van der Waals surface area contributed by atoms with Gasteiger partial charge >= 0.3 is 0 Å². The molecule has 1 aliphatic heterocycles. The third-order valence-corrected chi connectivity index (χ3v) is 1.96. The molecule has 0 aromatic rings. The average Bonchev–Trinajstić information content (AvgIpc) is 2.85. The van der Waals surface area contributed by atoms with Crippen molar-refractivity contribution in [1.82, 2.24) is 10.7 Å². The molecule has 1 aliphatic carbocycles. The Morgan fingerprint density at radius 3 is 3.08 bits per heavy atom. The van der Waals surface area contributed by atoms with Crippen molar-refractivity contribution in [3.63, 3.8) is 0 Å². The lowest BCUT2D eigenvalue weighted by atomic mass is 10.3. The summed E-state index contributed by atoms with van der Waals surface area (Å²) >= 11 is 0. The molecule has 5 heteroatoms. The number of hydrogen-bond donors (Lipinski definition) is 2. The number of hydrazone groups is 1. The Morgan fingerprint density at radius 2 is 2.50 bits per heavy atom. The van der Waals surface area contributed by atoms with Crippen LogP contribution in [0.2, 0.25) is 0 Å². The van der Waals surface area contributed by atoms with Gasteiger partial charge in [0.25, 0.3) is 0 Å². The molecule has 0 aromatic carbocycles. The lowest BCUT2D eigenvalue weighted by molar-refractivity contribution is 0.206. The molecular formula is C7H12N4O. The fourth-order valence-electron chi connectivity index (χ4n) is 1.16. The van der Waals surface area contributed by atoms with E-state index in [2.05, 4.69) is 10.5 Å². The molecule has 2 rings (SSSR count). The summed E-state index contributed by atoms with van der Waals surface area (Å²) in [6, 6.07) is 0. The van der Waals surface area contributed by atoms with Crippen LogP contribution >= 0.6 is 0 Å². The number of hydrazine groups is 2. The van der Waals surface area contributed by atoms with E-state index >= 15 is 0 Å². The van der Waals surface area contributed by atoms with Gasteiger partial charge in [-0.2, -0.15) is 0 Å². The minimum absolute atomic E-state index is 0.554. The zero-order chi connectivity index (χ0) is 8.55. The van der Waals surface area contributed by atoms with E-state index < -0.39 is 0 Å². The first-order valence-corrected chi connectivity index (χ1v) is 3.95. The van der Waals surface area contributed by atoms with Gasteiger partial charge in [0.2, 0.25) is 5.90 Å². The number of hydrogen-bond acceptors (Lipinski definition) is 5. The van der Waals surface area contributed by atoms with Crippen molar-refractivity contribution in [1.29, 1.82) is 0 Å². The van der Waals surface area contributed by atoms with Gasteiger partial charge in [-0.05, 0) is 12.8 Å². The zero-order valence-electron chi connectivity index (χ0n) is 6.95. The first-order valence-electron chi connectivity index (χ1n) is 3.95. The molecule has 0 amide bonds. The van der Waals surface area contributed by atoms with Crippen LogP contribution in [0.15, 0.2) is 16.9 Å². The van der Waals surface area contributed by atoms with Crippen molar-refractivity contribution in [3.05, 3.63) is 11.8 Å². The van der Waals surface area contributed by atoms with Crippen molar-refractivity contribution in [2.45, 2.75) is 12.8 Å².